The van der Waals surface area contributed by atoms with Gasteiger partial charge in [-0.15, -0.1) is 0 Å². The summed E-state index contributed by atoms with van der Waals surface area (Å²) in [4.78, 5) is 143. The van der Waals surface area contributed by atoms with Crippen molar-refractivity contribution in [2.24, 2.45) is 46.0 Å². The number of aliphatic imine (C=N–C) groups is 1. The van der Waals surface area contributed by atoms with Crippen LogP contribution in [0.4, 0.5) is 11.6 Å². The fraction of sp³-hybridized carbons (Fsp3) is 0.512. The number of aryl methyl sites for hydroxylation is 1. The number of esters is 1. The molecule has 3 saturated heterocycles. The number of H-pyrrole nitrogens is 1. The molecule has 0 saturated carbocycles. The minimum Gasteiger partial charge on any atom is -0.495 e. The number of carbonyl (C=O) groups is 8. The van der Waals surface area contributed by atoms with Crippen LogP contribution in [0.2, 0.25) is 12.6 Å². The number of oxazole rings is 1. The van der Waals surface area contributed by atoms with E-state index in [2.05, 4.69) is 65.4 Å². The monoisotopic (exact) mass is 1690 g/mol. The van der Waals surface area contributed by atoms with E-state index in [9.17, 15) is 66.9 Å². The number of fused-ring (bicyclic) bond motifs is 5. The number of benzene rings is 2. The Morgan fingerprint density at radius 1 is 0.898 bits per heavy atom. The number of rotatable bonds is 42. The Hall–Kier alpha value is -10.2. The molecule has 33 nitrogen and oxygen atoms in total. The molecule has 7 heterocycles. The van der Waals surface area contributed by atoms with Crippen LogP contribution < -0.4 is 43.9 Å². The van der Waals surface area contributed by atoms with Crippen LogP contribution in [0.3, 0.4) is 0 Å². The summed E-state index contributed by atoms with van der Waals surface area (Å²) >= 11 is 0.962. The lowest BCUT2D eigenvalue weighted by Gasteiger charge is -2.38. The van der Waals surface area contributed by atoms with Crippen molar-refractivity contribution >= 4 is 117 Å². The van der Waals surface area contributed by atoms with Gasteiger partial charge in [0.15, 0.2) is 44.7 Å². The number of carbonyl (C=O) groups excluding carboxylic acids is 5. The molecule has 4 aliphatic rings. The van der Waals surface area contributed by atoms with Crippen molar-refractivity contribution in [2.75, 3.05) is 47.7 Å². The molecule has 9 rings (SSSR count). The second kappa shape index (κ2) is 41.9. The van der Waals surface area contributed by atoms with Gasteiger partial charge in [-0.25, -0.2) is 33.0 Å². The van der Waals surface area contributed by atoms with Crippen molar-refractivity contribution < 1.29 is 94.6 Å². The third kappa shape index (κ3) is 26.9. The Morgan fingerprint density at radius 3 is 2.32 bits per heavy atom. The minimum absolute atomic E-state index is 0.00692. The highest BCUT2D eigenvalue weighted by Crippen LogP contribution is 2.47. The van der Waals surface area contributed by atoms with Gasteiger partial charge in [0.2, 0.25) is 20.2 Å². The Balaban J connectivity index is 0.819. The normalized spacial score (nSPS) is 23.2. The molecule has 118 heavy (non-hydrogen) atoms. The molecular formula is C82H108N12O21S2Si. The first-order valence-electron chi connectivity index (χ1n) is 39.3. The third-order valence-corrected chi connectivity index (χ3v) is 28.4. The molecule has 0 radical (unpaired) electrons. The first-order chi connectivity index (χ1) is 56.0. The summed E-state index contributed by atoms with van der Waals surface area (Å²) in [5.41, 5.74) is 18.5. The number of thioether (sulfide) groups is 1. The van der Waals surface area contributed by atoms with Gasteiger partial charge in [-0.1, -0.05) is 81.1 Å². The lowest BCUT2D eigenvalue weighted by Crippen LogP contribution is -2.54. The van der Waals surface area contributed by atoms with E-state index in [-0.39, 0.29) is 114 Å². The summed E-state index contributed by atoms with van der Waals surface area (Å²) in [7, 11) is -5.52. The summed E-state index contributed by atoms with van der Waals surface area (Å²) in [6.45, 7) is 18.0. The predicted molar refractivity (Wildman–Crippen MR) is 444 cm³/mol. The molecule has 4 aliphatic heterocycles. The number of methoxy groups -OCH3 is 1. The average molecular weight is 1690 g/mol. The number of anilines is 2. The van der Waals surface area contributed by atoms with Gasteiger partial charge in [-0.05, 0) is 124 Å². The molecule has 3 aromatic heterocycles. The first-order valence-corrected chi connectivity index (χ1v) is 44.9. The van der Waals surface area contributed by atoms with Gasteiger partial charge in [0.05, 0.1) is 72.4 Å². The third-order valence-electron chi connectivity index (χ3n) is 21.6. The zero-order valence-electron chi connectivity index (χ0n) is 67.5. The maximum absolute atomic E-state index is 14.5. The van der Waals surface area contributed by atoms with Gasteiger partial charge in [-0.2, -0.15) is 16.7 Å². The van der Waals surface area contributed by atoms with E-state index < -0.39 is 169 Å². The zero-order valence-corrected chi connectivity index (χ0v) is 70.1. The Morgan fingerprint density at radius 2 is 1.64 bits per heavy atom. The van der Waals surface area contributed by atoms with E-state index in [0.29, 0.717) is 47.6 Å². The Bertz CT molecular complexity index is 4770. The number of sulfone groups is 1. The summed E-state index contributed by atoms with van der Waals surface area (Å²) in [6.07, 6.45) is 10.1. The van der Waals surface area contributed by atoms with Crippen LogP contribution in [0.5, 0.6) is 0 Å². The highest BCUT2D eigenvalue weighted by molar-refractivity contribution is 8.00. The van der Waals surface area contributed by atoms with Crippen molar-refractivity contribution in [1.82, 2.24) is 35.6 Å². The summed E-state index contributed by atoms with van der Waals surface area (Å²) < 4.78 is 73.3. The number of aliphatic carboxylic acids is 3. The molecule has 13 N–H and O–H groups in total. The number of aromatic nitrogens is 5. The van der Waals surface area contributed by atoms with Crippen LogP contribution in [0.1, 0.15) is 139 Å². The minimum atomic E-state index is -3.85. The molecule has 16 atom stereocenters. The van der Waals surface area contributed by atoms with Gasteiger partial charge in [0, 0.05) is 93.2 Å². The standard InChI is InChI=1S/C82H108N12O21S2Si/c1-46(34-57-44-110-51(6)89-57)16-13-17-48(3)71(109-8)50(5)65-41-68(82(7)67(114-82)28-21-47(2)64-36-52(35-49(4)111-64)37-66-72(112-66)79(106)113-65)115-118(9,60-19-11-10-12-20-60)33-15-31-117(107,108)32-30-116-45-55(77(102)103)39-63(96)62(40-69(97)98)92-75(100)54(18-14-29-86-80(83)84)38-59(95)26-27-61(78(104)105)91-74(99)53-22-24-56(25-23-53)87-42-58-43-88-73-70(90-58)76(101)94-81(85)93-73/h10-13,16-17,19-25,28,34,43-44,47,50,52,54-55,61-62,64-68,71-72,87H,4,14-15,18,26-27,29-33,35-42,45H2,1-3,5-9H3,(H,91,99)(H,92,100)(H,97,98)(H,102,103)(H,104,105)(H4,83,84,86)(H3,85,88,93,94,101)/b16-13+,28-21+,46-34+,48-17+/t47-,50+,52+,54?,55?,61?,62?,64-,65+,66+,67-,68+,71+,72-,82+,118?/m1/s1. The number of ether oxygens (including phenoxy) is 5. The van der Waals surface area contributed by atoms with E-state index in [1.165, 1.54) is 18.3 Å². The van der Waals surface area contributed by atoms with E-state index >= 15 is 0 Å². The van der Waals surface area contributed by atoms with Gasteiger partial charge in [0.1, 0.15) is 47.7 Å². The zero-order chi connectivity index (χ0) is 85.8. The molecule has 2 bridgehead atoms. The molecule has 0 aliphatic carbocycles. The molecular weight excluding hydrogens is 1580 g/mol. The number of cyclic esters (lactones) is 1. The largest absolute Gasteiger partial charge is 0.495 e. The Kier molecular flexibility index (Phi) is 32.6. The second-order valence-corrected chi connectivity index (χ2v) is 38.3. The van der Waals surface area contributed by atoms with Crippen LogP contribution in [-0.4, -0.2) is 207 Å². The molecule has 3 fully saturated rings. The maximum atomic E-state index is 14.5. The maximum Gasteiger partial charge on any atom is 0.338 e. The number of nitrogens with zero attached hydrogens (tertiary/aromatic N) is 5. The molecule has 638 valence electrons. The lowest BCUT2D eigenvalue weighted by atomic mass is 9.84. The number of carboxylic acid groups (broad SMARTS) is 3. The number of allylic oxidation sites excluding steroid dienone is 5. The number of guanidine groups is 1. The number of ketones is 2. The van der Waals surface area contributed by atoms with Crippen molar-refractivity contribution in [3.8, 4) is 0 Å². The van der Waals surface area contributed by atoms with Gasteiger partial charge in [0.25, 0.3) is 11.5 Å². The quantitative estimate of drug-likeness (QED) is 0.00269. The van der Waals surface area contributed by atoms with E-state index in [4.69, 9.17) is 49.7 Å². The Labute approximate surface area is 689 Å². The highest BCUT2D eigenvalue weighted by Gasteiger charge is 2.60. The van der Waals surface area contributed by atoms with Crippen molar-refractivity contribution in [2.45, 2.75) is 198 Å². The SMILES string of the molecule is C=C1C[C@@H]2C[C@@H]3O[C@H]3C(=O)O[C@H]([C@H](C)[C@@H](OC)/C(C)=C/C=C/C(C)=C/c3coc(C)n3)C[C@H](O[Si](C)(CCCS(=O)(=O)CCSCC(CC(=O)C(CC(=O)O)NC(=O)C(CCCN=C(N)N)CC(=O)CCC(NC(=O)c3ccc(NCc4cnc5nc(N)[nH]c(=O)c5n4)cc3)C(=O)O)C(=O)O)c3ccccc3)[C@@]3(C)O[C@@H]3/C=C/[C@@H](C)[C@@H](C2)O1. The van der Waals surface area contributed by atoms with Gasteiger partial charge in [-0.3, -0.25) is 43.5 Å². The fourth-order valence-corrected chi connectivity index (χ4v) is 21.3. The van der Waals surface area contributed by atoms with E-state index in [1.807, 2.05) is 95.0 Å². The molecule has 5 unspecified atom stereocenters. The van der Waals surface area contributed by atoms with Crippen LogP contribution >= 0.6 is 11.8 Å². The number of epoxide rings is 2. The average Bonchev–Trinajstić information content (AvgIpc) is 1.58. The van der Waals surface area contributed by atoms with Crippen LogP contribution in [0, 0.1) is 36.5 Å². The first kappa shape index (κ1) is 91.7. The summed E-state index contributed by atoms with van der Waals surface area (Å²) in [6, 6.07) is 12.4. The highest BCUT2D eigenvalue weighted by atomic mass is 32.2. The summed E-state index contributed by atoms with van der Waals surface area (Å²) in [5, 5.41) is 39.2. The van der Waals surface area contributed by atoms with Crippen LogP contribution in [0.25, 0.3) is 17.2 Å². The molecule has 2 aromatic carbocycles. The number of hydrogen-bond donors (Lipinski definition) is 10. The number of Topliss-reactive ketones (excluding diaryl/α,β-unsaturated/α-hetero) is 2. The number of nitrogens with one attached hydrogen (secondary N) is 4. The number of nitrogen functional groups attached to an aromatic ring is 1. The molecule has 2 amide bonds. The number of carboxylic acids is 3. The number of aromatic amines is 1. The lowest BCUT2D eigenvalue weighted by molar-refractivity contribution is -0.158. The topological polar surface area (TPSA) is 517 Å². The van der Waals surface area contributed by atoms with Gasteiger partial charge < -0.3 is 81.0 Å². The van der Waals surface area contributed by atoms with Crippen LogP contribution in [-0.2, 0) is 78.1 Å². The molecule has 0 spiro atoms. The van der Waals surface area contributed by atoms with Crippen molar-refractivity contribution in [3.05, 3.63) is 154 Å². The molecule has 5 aromatic rings. The smallest absolute Gasteiger partial charge is 0.338 e. The fourth-order valence-electron chi connectivity index (χ4n) is 14.8. The second-order valence-electron chi connectivity index (χ2n) is 31.1. The van der Waals surface area contributed by atoms with Crippen molar-refractivity contribution in [1.29, 1.82) is 0 Å². The van der Waals surface area contributed by atoms with E-state index in [0.717, 1.165) is 34.5 Å². The number of nitrogens with two attached hydrogens (primary N) is 3. The number of amides is 2. The van der Waals surface area contributed by atoms with E-state index in [1.54, 1.807) is 32.4 Å². The number of hydrogen-bond acceptors (Lipinski definition) is 26. The van der Waals surface area contributed by atoms with Crippen LogP contribution in [0.15, 0.2) is 135 Å². The van der Waals surface area contributed by atoms with Gasteiger partial charge >= 0.3 is 23.9 Å². The molecule has 36 heteroatoms. The predicted octanol–water partition coefficient (Wildman–Crippen LogP) is 7.21. The van der Waals surface area contributed by atoms with Crippen molar-refractivity contribution in [3.63, 3.8) is 0 Å². The summed E-state index contributed by atoms with van der Waals surface area (Å²) in [5.74, 6) is -11.5.